The maximum atomic E-state index is 12.0. The first-order valence-corrected chi connectivity index (χ1v) is 7.34. The Hall–Kier alpha value is -2.13. The van der Waals surface area contributed by atoms with Gasteiger partial charge in [-0.05, 0) is 30.5 Å². The summed E-state index contributed by atoms with van der Waals surface area (Å²) in [6.45, 7) is 4.41. The highest BCUT2D eigenvalue weighted by atomic mass is 16.1. The first-order valence-electron chi connectivity index (χ1n) is 7.34. The smallest absolute Gasteiger partial charge is 0.238 e. The van der Waals surface area contributed by atoms with E-state index in [9.17, 15) is 4.79 Å². The minimum atomic E-state index is -0.0151. The summed E-state index contributed by atoms with van der Waals surface area (Å²) in [4.78, 5) is 12.0. The molecular formula is C18H22N2O. The predicted molar refractivity (Wildman–Crippen MR) is 87.3 cm³/mol. The molecule has 2 N–H and O–H groups in total. The van der Waals surface area contributed by atoms with Gasteiger partial charge in [0.15, 0.2) is 0 Å². The molecule has 0 aliphatic carbocycles. The average molecular weight is 282 g/mol. The van der Waals surface area contributed by atoms with E-state index in [1.807, 2.05) is 49.4 Å². The molecule has 1 unspecified atom stereocenters. The Morgan fingerprint density at radius 3 is 2.38 bits per heavy atom. The standard InChI is InChI=1S/C18H22N2O/c1-3-16(15-10-5-4-6-11-15)19-13-18(21)20-17-12-8-7-9-14(17)2/h4-12,16,19H,3,13H2,1-2H3,(H,20,21). The number of benzene rings is 2. The normalized spacial score (nSPS) is 11.9. The summed E-state index contributed by atoms with van der Waals surface area (Å²) >= 11 is 0. The summed E-state index contributed by atoms with van der Waals surface area (Å²) in [5.41, 5.74) is 3.15. The fraction of sp³-hybridized carbons (Fsp3) is 0.278. The second-order valence-electron chi connectivity index (χ2n) is 5.12. The summed E-state index contributed by atoms with van der Waals surface area (Å²) in [7, 11) is 0. The van der Waals surface area contributed by atoms with Gasteiger partial charge in [-0.3, -0.25) is 4.79 Å². The Morgan fingerprint density at radius 1 is 1.05 bits per heavy atom. The van der Waals surface area contributed by atoms with Crippen LogP contribution >= 0.6 is 0 Å². The highest BCUT2D eigenvalue weighted by Crippen LogP contribution is 2.16. The van der Waals surface area contributed by atoms with Crippen LogP contribution < -0.4 is 10.6 Å². The van der Waals surface area contributed by atoms with Gasteiger partial charge >= 0.3 is 0 Å². The molecule has 0 bridgehead atoms. The molecule has 0 aromatic heterocycles. The molecule has 21 heavy (non-hydrogen) atoms. The van der Waals surface area contributed by atoms with Gasteiger partial charge in [0.05, 0.1) is 6.54 Å². The van der Waals surface area contributed by atoms with Crippen LogP contribution in [0.2, 0.25) is 0 Å². The molecule has 1 atom stereocenters. The average Bonchev–Trinajstić information content (AvgIpc) is 2.51. The zero-order valence-electron chi connectivity index (χ0n) is 12.6. The van der Waals surface area contributed by atoms with Gasteiger partial charge in [-0.25, -0.2) is 0 Å². The Labute approximate surface area is 126 Å². The van der Waals surface area contributed by atoms with Crippen molar-refractivity contribution in [2.45, 2.75) is 26.3 Å². The van der Waals surface area contributed by atoms with Gasteiger partial charge in [0, 0.05) is 11.7 Å². The fourth-order valence-corrected chi connectivity index (χ4v) is 2.31. The van der Waals surface area contributed by atoms with E-state index in [-0.39, 0.29) is 11.9 Å². The number of rotatable bonds is 6. The maximum absolute atomic E-state index is 12.0. The van der Waals surface area contributed by atoms with Crippen LogP contribution in [0, 0.1) is 6.92 Å². The first-order chi connectivity index (χ1) is 10.2. The number of carbonyl (C=O) groups excluding carboxylic acids is 1. The lowest BCUT2D eigenvalue weighted by atomic mass is 10.0. The van der Waals surface area contributed by atoms with Crippen LogP contribution in [0.1, 0.15) is 30.5 Å². The van der Waals surface area contributed by atoms with Crippen LogP contribution in [0.3, 0.4) is 0 Å². The van der Waals surface area contributed by atoms with E-state index >= 15 is 0 Å². The zero-order chi connectivity index (χ0) is 15.1. The van der Waals surface area contributed by atoms with Gasteiger partial charge in [0.2, 0.25) is 5.91 Å². The van der Waals surface area contributed by atoms with Gasteiger partial charge in [-0.1, -0.05) is 55.5 Å². The number of anilines is 1. The molecule has 2 aromatic carbocycles. The number of carbonyl (C=O) groups is 1. The van der Waals surface area contributed by atoms with Crippen LogP contribution in [0.15, 0.2) is 54.6 Å². The van der Waals surface area contributed by atoms with E-state index in [0.29, 0.717) is 6.54 Å². The Balaban J connectivity index is 1.90. The third-order valence-corrected chi connectivity index (χ3v) is 3.54. The van der Waals surface area contributed by atoms with Crippen LogP contribution in [0.5, 0.6) is 0 Å². The molecule has 0 saturated carbocycles. The number of hydrogen-bond acceptors (Lipinski definition) is 2. The summed E-state index contributed by atoms with van der Waals surface area (Å²) in [5.74, 6) is -0.0151. The van der Waals surface area contributed by atoms with Gasteiger partial charge in [0.25, 0.3) is 0 Å². The van der Waals surface area contributed by atoms with Crippen molar-refractivity contribution in [3.8, 4) is 0 Å². The first kappa shape index (κ1) is 15.3. The summed E-state index contributed by atoms with van der Waals surface area (Å²) in [6, 6.07) is 18.2. The topological polar surface area (TPSA) is 41.1 Å². The van der Waals surface area contributed by atoms with E-state index in [1.54, 1.807) is 0 Å². The van der Waals surface area contributed by atoms with Crippen LogP contribution in [-0.4, -0.2) is 12.5 Å². The molecule has 2 aromatic rings. The molecule has 0 fully saturated rings. The van der Waals surface area contributed by atoms with Gasteiger partial charge in [0.1, 0.15) is 0 Å². The molecule has 3 heteroatoms. The van der Waals surface area contributed by atoms with Crippen LogP contribution in [0.25, 0.3) is 0 Å². The molecule has 0 radical (unpaired) electrons. The Morgan fingerprint density at radius 2 is 1.71 bits per heavy atom. The quantitative estimate of drug-likeness (QED) is 0.848. The van der Waals surface area contributed by atoms with E-state index in [4.69, 9.17) is 0 Å². The molecule has 0 heterocycles. The molecule has 110 valence electrons. The monoisotopic (exact) mass is 282 g/mol. The van der Waals surface area contributed by atoms with Crippen molar-refractivity contribution < 1.29 is 4.79 Å². The van der Waals surface area contributed by atoms with Gasteiger partial charge < -0.3 is 10.6 Å². The van der Waals surface area contributed by atoms with E-state index < -0.39 is 0 Å². The van der Waals surface area contributed by atoms with E-state index in [2.05, 4.69) is 29.7 Å². The number of aryl methyl sites for hydroxylation is 1. The summed E-state index contributed by atoms with van der Waals surface area (Å²) < 4.78 is 0. The molecular weight excluding hydrogens is 260 g/mol. The fourth-order valence-electron chi connectivity index (χ4n) is 2.31. The Bertz CT molecular complexity index is 581. The lowest BCUT2D eigenvalue weighted by molar-refractivity contribution is -0.115. The van der Waals surface area contributed by atoms with Crippen LogP contribution in [-0.2, 0) is 4.79 Å². The molecule has 1 amide bonds. The summed E-state index contributed by atoms with van der Waals surface area (Å²) in [5, 5.41) is 6.25. The number of hydrogen-bond donors (Lipinski definition) is 2. The van der Waals surface area contributed by atoms with E-state index in [1.165, 1.54) is 5.56 Å². The zero-order valence-corrected chi connectivity index (χ0v) is 12.6. The van der Waals surface area contributed by atoms with Crippen molar-refractivity contribution in [1.29, 1.82) is 0 Å². The van der Waals surface area contributed by atoms with Crippen molar-refractivity contribution in [2.24, 2.45) is 0 Å². The highest BCUT2D eigenvalue weighted by Gasteiger charge is 2.10. The largest absolute Gasteiger partial charge is 0.325 e. The van der Waals surface area contributed by atoms with Crippen molar-refractivity contribution in [2.75, 3.05) is 11.9 Å². The van der Waals surface area contributed by atoms with Crippen molar-refractivity contribution in [1.82, 2.24) is 5.32 Å². The minimum absolute atomic E-state index is 0.0151. The second kappa shape index (κ2) is 7.60. The number of amides is 1. The lowest BCUT2D eigenvalue weighted by Crippen LogP contribution is -2.31. The van der Waals surface area contributed by atoms with Crippen molar-refractivity contribution in [3.05, 3.63) is 65.7 Å². The molecule has 0 spiro atoms. The van der Waals surface area contributed by atoms with E-state index in [0.717, 1.165) is 17.7 Å². The number of nitrogens with one attached hydrogen (secondary N) is 2. The molecule has 2 rings (SSSR count). The second-order valence-corrected chi connectivity index (χ2v) is 5.12. The predicted octanol–water partition coefficient (Wildman–Crippen LogP) is 3.67. The lowest BCUT2D eigenvalue weighted by Gasteiger charge is -2.17. The van der Waals surface area contributed by atoms with Crippen LogP contribution in [0.4, 0.5) is 5.69 Å². The molecule has 0 aliphatic heterocycles. The minimum Gasteiger partial charge on any atom is -0.325 e. The molecule has 0 saturated heterocycles. The third kappa shape index (κ3) is 4.43. The van der Waals surface area contributed by atoms with Gasteiger partial charge in [-0.15, -0.1) is 0 Å². The highest BCUT2D eigenvalue weighted by molar-refractivity contribution is 5.92. The Kier molecular flexibility index (Phi) is 5.52. The van der Waals surface area contributed by atoms with Crippen molar-refractivity contribution in [3.63, 3.8) is 0 Å². The molecule has 0 aliphatic rings. The number of para-hydroxylation sites is 1. The molecule has 3 nitrogen and oxygen atoms in total. The SMILES string of the molecule is CCC(NCC(=O)Nc1ccccc1C)c1ccccc1. The van der Waals surface area contributed by atoms with Crippen molar-refractivity contribution >= 4 is 11.6 Å². The summed E-state index contributed by atoms with van der Waals surface area (Å²) in [6.07, 6.45) is 0.946. The third-order valence-electron chi connectivity index (χ3n) is 3.54. The maximum Gasteiger partial charge on any atom is 0.238 e. The van der Waals surface area contributed by atoms with Gasteiger partial charge in [-0.2, -0.15) is 0 Å².